The van der Waals surface area contributed by atoms with E-state index in [2.05, 4.69) is 86.4 Å². The molecule has 0 aliphatic rings. The molecule has 1 unspecified atom stereocenters. The zero-order valence-electron chi connectivity index (χ0n) is 33.8. The summed E-state index contributed by atoms with van der Waals surface area (Å²) in [6.07, 6.45) is 47.3. The fourth-order valence-electron chi connectivity index (χ4n) is 5.04. The van der Waals surface area contributed by atoms with E-state index in [9.17, 15) is 14.3 Å². The van der Waals surface area contributed by atoms with Crippen LogP contribution in [0.2, 0.25) is 0 Å². The number of unbranched alkanes of at least 4 members (excludes halogenated alkanes) is 10. The van der Waals surface area contributed by atoms with Crippen LogP contribution < -0.4 is 0 Å². The Morgan fingerprint density at radius 1 is 0.585 bits per heavy atom. The smallest absolute Gasteiger partial charge is 0.457 e. The van der Waals surface area contributed by atoms with Gasteiger partial charge < -0.3 is 14.4 Å². The Hall–Kier alpha value is -1.67. The number of phosphoric ester groups is 1. The lowest BCUT2D eigenvalue weighted by Crippen LogP contribution is -2.28. The molecule has 0 aliphatic heterocycles. The van der Waals surface area contributed by atoms with E-state index in [0.717, 1.165) is 51.4 Å². The molecule has 0 amide bonds. The Bertz CT molecular complexity index is 1040. The molecule has 0 heterocycles. The SMILES string of the molecule is CC/C=C\C/C=C\C/C=C\C/C=C\C/C=C\C/C=C\CCC(=O)O[C@@H](COCCCCCCCCSCCCCCCCC)COP(=O)(O)OCCC. The third-order valence-electron chi connectivity index (χ3n) is 8.07. The molecule has 0 aliphatic carbocycles. The molecular formula is C44H77O7PS. The van der Waals surface area contributed by atoms with Crippen LogP contribution in [-0.2, 0) is 27.9 Å². The maximum atomic E-state index is 12.6. The van der Waals surface area contributed by atoms with Gasteiger partial charge in [-0.3, -0.25) is 13.8 Å². The van der Waals surface area contributed by atoms with Crippen LogP contribution in [0.5, 0.6) is 0 Å². The first-order valence-corrected chi connectivity index (χ1v) is 23.5. The molecule has 0 spiro atoms. The molecule has 0 saturated carbocycles. The summed E-state index contributed by atoms with van der Waals surface area (Å²) in [4.78, 5) is 22.5. The van der Waals surface area contributed by atoms with Gasteiger partial charge in [0.15, 0.2) is 0 Å². The predicted molar refractivity (Wildman–Crippen MR) is 229 cm³/mol. The molecule has 0 rings (SSSR count). The minimum Gasteiger partial charge on any atom is -0.457 e. The van der Waals surface area contributed by atoms with Crippen LogP contribution in [0.25, 0.3) is 0 Å². The highest BCUT2D eigenvalue weighted by atomic mass is 32.2. The summed E-state index contributed by atoms with van der Waals surface area (Å²) in [5.74, 6) is 2.18. The van der Waals surface area contributed by atoms with Crippen molar-refractivity contribution >= 4 is 25.6 Å². The molecule has 0 saturated heterocycles. The number of allylic oxidation sites excluding steroid dienone is 12. The number of hydrogen-bond donors (Lipinski definition) is 1. The average molecular weight is 781 g/mol. The topological polar surface area (TPSA) is 91.3 Å². The number of ether oxygens (including phenoxy) is 2. The molecule has 2 atom stereocenters. The summed E-state index contributed by atoms with van der Waals surface area (Å²) < 4.78 is 33.6. The van der Waals surface area contributed by atoms with Gasteiger partial charge in [-0.25, -0.2) is 4.57 Å². The summed E-state index contributed by atoms with van der Waals surface area (Å²) in [6.45, 7) is 6.75. The third kappa shape index (κ3) is 41.3. The van der Waals surface area contributed by atoms with Crippen molar-refractivity contribution in [3.63, 3.8) is 0 Å². The van der Waals surface area contributed by atoms with Gasteiger partial charge in [-0.1, -0.05) is 151 Å². The maximum Gasteiger partial charge on any atom is 0.472 e. The van der Waals surface area contributed by atoms with E-state index in [1.807, 2.05) is 19.1 Å². The van der Waals surface area contributed by atoms with E-state index in [4.69, 9.17) is 18.5 Å². The van der Waals surface area contributed by atoms with E-state index < -0.39 is 19.9 Å². The van der Waals surface area contributed by atoms with Crippen LogP contribution in [0.4, 0.5) is 0 Å². The predicted octanol–water partition coefficient (Wildman–Crippen LogP) is 13.4. The van der Waals surface area contributed by atoms with Crippen LogP contribution in [0.15, 0.2) is 72.9 Å². The van der Waals surface area contributed by atoms with Crippen molar-refractivity contribution in [2.75, 3.05) is 37.9 Å². The molecule has 9 heteroatoms. The van der Waals surface area contributed by atoms with Gasteiger partial charge in [-0.15, -0.1) is 0 Å². The highest BCUT2D eigenvalue weighted by Crippen LogP contribution is 2.43. The number of carbonyl (C=O) groups excluding carboxylic acids is 1. The molecule has 7 nitrogen and oxygen atoms in total. The minimum absolute atomic E-state index is 0.106. The number of hydrogen-bond acceptors (Lipinski definition) is 7. The Morgan fingerprint density at radius 2 is 1.08 bits per heavy atom. The van der Waals surface area contributed by atoms with E-state index in [0.29, 0.717) is 19.4 Å². The van der Waals surface area contributed by atoms with Crippen molar-refractivity contribution < 1.29 is 32.8 Å². The maximum absolute atomic E-state index is 12.6. The van der Waals surface area contributed by atoms with Gasteiger partial charge in [-0.2, -0.15) is 11.8 Å². The van der Waals surface area contributed by atoms with Crippen molar-refractivity contribution in [1.29, 1.82) is 0 Å². The van der Waals surface area contributed by atoms with Gasteiger partial charge in [0.2, 0.25) is 0 Å². The lowest BCUT2D eigenvalue weighted by atomic mass is 10.1. The Kier molecular flexibility index (Phi) is 40.2. The Labute approximate surface area is 329 Å². The van der Waals surface area contributed by atoms with Crippen LogP contribution >= 0.6 is 19.6 Å². The molecule has 0 fully saturated rings. The lowest BCUT2D eigenvalue weighted by Gasteiger charge is -2.20. The zero-order chi connectivity index (χ0) is 38.8. The monoisotopic (exact) mass is 781 g/mol. The second-order valence-corrected chi connectivity index (χ2v) is 15.9. The van der Waals surface area contributed by atoms with Crippen molar-refractivity contribution in [1.82, 2.24) is 0 Å². The summed E-state index contributed by atoms with van der Waals surface area (Å²) in [6, 6.07) is 0. The second-order valence-electron chi connectivity index (χ2n) is 13.2. The molecular weight excluding hydrogens is 704 g/mol. The third-order valence-corrected chi connectivity index (χ3v) is 10.2. The summed E-state index contributed by atoms with van der Waals surface area (Å²) in [5.41, 5.74) is 0. The number of carbonyl (C=O) groups is 1. The van der Waals surface area contributed by atoms with Gasteiger partial charge in [0.1, 0.15) is 6.10 Å². The molecule has 1 N–H and O–H groups in total. The lowest BCUT2D eigenvalue weighted by molar-refractivity contribution is -0.154. The Balaban J connectivity index is 4.19. The fourth-order valence-corrected chi connectivity index (χ4v) is 6.90. The van der Waals surface area contributed by atoms with E-state index in [-0.39, 0.29) is 26.2 Å². The standard InChI is InChI=1S/C44H77O7PS/c1-4-7-9-11-13-14-15-16-17-18-19-20-21-22-23-24-25-28-32-36-44(45)51-43(42-50-52(46,47)49-37-6-3)41-48-38-33-29-26-27-31-35-40-53-39-34-30-12-10-8-5-2/h7,9,13-14,16-17,19-20,22-23,25,28,43H,4-6,8,10-12,15,18,21,24,26-27,29-42H2,1-3H3,(H,46,47)/b9-7-,14-13-,17-16-,20-19-,23-22-,28-25-/t43-/m0/s1. The Morgan fingerprint density at radius 3 is 1.60 bits per heavy atom. The van der Waals surface area contributed by atoms with Crippen LogP contribution in [-0.4, -0.2) is 54.9 Å². The first-order chi connectivity index (χ1) is 25.9. The first-order valence-electron chi connectivity index (χ1n) is 20.8. The van der Waals surface area contributed by atoms with Crippen LogP contribution in [0.1, 0.15) is 156 Å². The van der Waals surface area contributed by atoms with E-state index in [1.165, 1.54) is 75.7 Å². The van der Waals surface area contributed by atoms with Gasteiger partial charge in [0.25, 0.3) is 0 Å². The molecule has 0 aromatic heterocycles. The van der Waals surface area contributed by atoms with Gasteiger partial charge in [0.05, 0.1) is 19.8 Å². The van der Waals surface area contributed by atoms with Gasteiger partial charge in [-0.05, 0) is 82.1 Å². The zero-order valence-corrected chi connectivity index (χ0v) is 35.6. The highest BCUT2D eigenvalue weighted by molar-refractivity contribution is 7.99. The summed E-state index contributed by atoms with van der Waals surface area (Å²) in [7, 11) is -4.22. The first kappa shape index (κ1) is 51.3. The summed E-state index contributed by atoms with van der Waals surface area (Å²) >= 11 is 2.10. The summed E-state index contributed by atoms with van der Waals surface area (Å²) in [5, 5.41) is 0. The van der Waals surface area contributed by atoms with Crippen molar-refractivity contribution in [2.24, 2.45) is 0 Å². The van der Waals surface area contributed by atoms with Gasteiger partial charge >= 0.3 is 13.8 Å². The number of esters is 1. The number of rotatable bonds is 39. The van der Waals surface area contributed by atoms with Gasteiger partial charge in [0, 0.05) is 13.0 Å². The minimum atomic E-state index is -4.22. The molecule has 0 radical (unpaired) electrons. The van der Waals surface area contributed by atoms with E-state index in [1.54, 1.807) is 0 Å². The fraction of sp³-hybridized carbons (Fsp3) is 0.705. The van der Waals surface area contributed by atoms with Crippen molar-refractivity contribution in [2.45, 2.75) is 162 Å². The number of thioether (sulfide) groups is 1. The number of phosphoric acid groups is 1. The second kappa shape index (κ2) is 41.5. The highest BCUT2D eigenvalue weighted by Gasteiger charge is 2.25. The van der Waals surface area contributed by atoms with Crippen LogP contribution in [0.3, 0.4) is 0 Å². The van der Waals surface area contributed by atoms with E-state index >= 15 is 0 Å². The molecule has 0 bridgehead atoms. The quantitative estimate of drug-likeness (QED) is 0.0285. The molecule has 53 heavy (non-hydrogen) atoms. The van der Waals surface area contributed by atoms with Crippen LogP contribution in [0, 0.1) is 0 Å². The molecule has 0 aromatic rings. The average Bonchev–Trinajstić information content (AvgIpc) is 3.15. The molecule has 306 valence electrons. The largest absolute Gasteiger partial charge is 0.472 e. The van der Waals surface area contributed by atoms with Crippen molar-refractivity contribution in [3.05, 3.63) is 72.9 Å². The molecule has 0 aromatic carbocycles. The normalized spacial score (nSPS) is 14.3. The van der Waals surface area contributed by atoms with Crippen molar-refractivity contribution in [3.8, 4) is 0 Å².